The summed E-state index contributed by atoms with van der Waals surface area (Å²) in [6.45, 7) is 0.704. The van der Waals surface area contributed by atoms with Gasteiger partial charge in [-0.2, -0.15) is 13.2 Å². The highest BCUT2D eigenvalue weighted by molar-refractivity contribution is 7.90. The number of nitrogens with two attached hydrogens (primary N) is 1. The summed E-state index contributed by atoms with van der Waals surface area (Å²) in [4.78, 5) is 22.5. The molecule has 4 rings (SSSR count). The monoisotopic (exact) mass is 632 g/mol. The van der Waals surface area contributed by atoms with Crippen LogP contribution in [0.3, 0.4) is 0 Å². The summed E-state index contributed by atoms with van der Waals surface area (Å²) >= 11 is 0. The molecule has 1 aromatic heterocycles. The highest BCUT2D eigenvalue weighted by Crippen LogP contribution is 2.25. The lowest BCUT2D eigenvalue weighted by atomic mass is 10.1. The SMILES string of the molecule is C[N+](C)(C)c1ccc(CNC(=O)c2cc3cc(S(C)(=O)=O)ccc3n2Cc2cccc(C(=N)N)c2)cc1.O=C(O)C(F)(F)F. The van der Waals surface area contributed by atoms with Crippen LogP contribution in [0.5, 0.6) is 0 Å². The number of carbonyl (C=O) groups excluding carboxylic acids is 1. The second-order valence-electron chi connectivity index (χ2n) is 10.9. The third-order valence-electron chi connectivity index (χ3n) is 6.52. The van der Waals surface area contributed by atoms with Crippen molar-refractivity contribution in [2.24, 2.45) is 5.73 Å². The van der Waals surface area contributed by atoms with Crippen LogP contribution in [0.2, 0.25) is 0 Å². The fourth-order valence-electron chi connectivity index (χ4n) is 4.19. The van der Waals surface area contributed by atoms with Gasteiger partial charge in [-0.25, -0.2) is 13.2 Å². The van der Waals surface area contributed by atoms with Crippen LogP contribution in [-0.4, -0.2) is 69.4 Å². The Morgan fingerprint density at radius 3 is 2.11 bits per heavy atom. The zero-order chi connectivity index (χ0) is 33.0. The number of halogens is 3. The number of nitrogens with one attached hydrogen (secondary N) is 2. The lowest BCUT2D eigenvalue weighted by molar-refractivity contribution is -0.192. The van der Waals surface area contributed by atoms with E-state index in [9.17, 15) is 26.4 Å². The quantitative estimate of drug-likeness (QED) is 0.130. The topological polar surface area (TPSA) is 155 Å². The van der Waals surface area contributed by atoms with E-state index in [0.29, 0.717) is 34.2 Å². The number of amidine groups is 1. The van der Waals surface area contributed by atoms with E-state index in [1.807, 2.05) is 47.0 Å². The Morgan fingerprint density at radius 2 is 1.59 bits per heavy atom. The van der Waals surface area contributed by atoms with Gasteiger partial charge in [-0.1, -0.05) is 30.3 Å². The number of aromatic nitrogens is 1. The van der Waals surface area contributed by atoms with Gasteiger partial charge in [0.1, 0.15) is 17.2 Å². The molecule has 14 heteroatoms. The molecule has 3 aromatic carbocycles. The summed E-state index contributed by atoms with van der Waals surface area (Å²) in [5.74, 6) is -3.06. The molecule has 0 aliphatic heterocycles. The zero-order valence-corrected chi connectivity index (χ0v) is 25.3. The molecule has 0 aliphatic rings. The van der Waals surface area contributed by atoms with Crippen LogP contribution in [0, 0.1) is 5.41 Å². The first-order chi connectivity index (χ1) is 20.3. The predicted molar refractivity (Wildman–Crippen MR) is 162 cm³/mol. The molecule has 0 atom stereocenters. The summed E-state index contributed by atoms with van der Waals surface area (Å²) in [5, 5.41) is 18.5. The van der Waals surface area contributed by atoms with Crippen molar-refractivity contribution in [2.75, 3.05) is 27.4 Å². The van der Waals surface area contributed by atoms with Crippen LogP contribution in [0.25, 0.3) is 10.9 Å². The van der Waals surface area contributed by atoms with Crippen LogP contribution < -0.4 is 15.5 Å². The van der Waals surface area contributed by atoms with E-state index < -0.39 is 22.0 Å². The fourth-order valence-corrected chi connectivity index (χ4v) is 4.85. The van der Waals surface area contributed by atoms with Crippen molar-refractivity contribution in [3.63, 3.8) is 0 Å². The third-order valence-corrected chi connectivity index (χ3v) is 7.63. The normalized spacial score (nSPS) is 11.9. The van der Waals surface area contributed by atoms with Crippen molar-refractivity contribution in [1.29, 1.82) is 5.41 Å². The van der Waals surface area contributed by atoms with Crippen LogP contribution in [0.15, 0.2) is 77.7 Å². The molecule has 0 radical (unpaired) electrons. The molecule has 1 heterocycles. The number of amides is 1. The number of hydrogen-bond donors (Lipinski definition) is 4. The predicted octanol–water partition coefficient (Wildman–Crippen LogP) is 4.14. The number of hydrogen-bond acceptors (Lipinski definition) is 5. The van der Waals surface area contributed by atoms with Gasteiger partial charge < -0.3 is 20.7 Å². The Balaban J connectivity index is 0.000000676. The molecule has 0 bridgehead atoms. The van der Waals surface area contributed by atoms with Gasteiger partial charge in [-0.3, -0.25) is 14.7 Å². The molecule has 0 fully saturated rings. The Bertz CT molecular complexity index is 1810. The number of nitrogens with zero attached hydrogens (tertiary/aromatic N) is 2. The van der Waals surface area contributed by atoms with Crippen molar-refractivity contribution in [3.05, 3.63) is 95.2 Å². The molecule has 44 heavy (non-hydrogen) atoms. The van der Waals surface area contributed by atoms with Gasteiger partial charge in [0, 0.05) is 35.8 Å². The van der Waals surface area contributed by atoms with Crippen LogP contribution >= 0.6 is 0 Å². The summed E-state index contributed by atoms with van der Waals surface area (Å²) in [5.41, 5.74) is 10.4. The average molecular weight is 633 g/mol. The lowest BCUT2D eigenvalue weighted by Crippen LogP contribution is -2.34. The van der Waals surface area contributed by atoms with Gasteiger partial charge in [0.05, 0.1) is 26.0 Å². The summed E-state index contributed by atoms with van der Waals surface area (Å²) in [7, 11) is 2.88. The van der Waals surface area contributed by atoms with Crippen LogP contribution in [0.1, 0.15) is 27.2 Å². The molecule has 10 nitrogen and oxygen atoms in total. The van der Waals surface area contributed by atoms with Crippen LogP contribution in [-0.2, 0) is 27.7 Å². The first kappa shape index (κ1) is 33.8. The number of carboxylic acid groups (broad SMARTS) is 1. The minimum Gasteiger partial charge on any atom is -0.475 e. The van der Waals surface area contributed by atoms with Crippen molar-refractivity contribution < 1.29 is 36.3 Å². The van der Waals surface area contributed by atoms with Gasteiger partial charge in [-0.15, -0.1) is 0 Å². The summed E-state index contributed by atoms with van der Waals surface area (Å²) in [6, 6.07) is 22.0. The number of quaternary nitrogens is 1. The maximum Gasteiger partial charge on any atom is 0.490 e. The molecule has 0 spiro atoms. The van der Waals surface area contributed by atoms with Crippen molar-refractivity contribution in [1.82, 2.24) is 14.4 Å². The highest BCUT2D eigenvalue weighted by Gasteiger charge is 2.38. The van der Waals surface area contributed by atoms with Crippen molar-refractivity contribution >= 4 is 44.1 Å². The van der Waals surface area contributed by atoms with E-state index in [-0.39, 0.29) is 16.6 Å². The zero-order valence-electron chi connectivity index (χ0n) is 24.4. The van der Waals surface area contributed by atoms with Crippen molar-refractivity contribution in [3.8, 4) is 0 Å². The maximum atomic E-state index is 13.4. The number of aliphatic carboxylic acids is 1. The van der Waals surface area contributed by atoms with Crippen molar-refractivity contribution in [2.45, 2.75) is 24.2 Å². The molecule has 0 aliphatic carbocycles. The number of nitrogen functional groups attached to an aromatic ring is 1. The van der Waals surface area contributed by atoms with Gasteiger partial charge in [0.15, 0.2) is 9.84 Å². The minimum atomic E-state index is -5.08. The molecule has 5 N–H and O–H groups in total. The fraction of sp³-hybridized carbons (Fsp3) is 0.233. The largest absolute Gasteiger partial charge is 0.490 e. The third kappa shape index (κ3) is 8.67. The number of carbonyl (C=O) groups is 2. The van der Waals surface area contributed by atoms with Crippen LogP contribution in [0.4, 0.5) is 18.9 Å². The Hall–Kier alpha value is -4.69. The number of fused-ring (bicyclic) bond motifs is 1. The standard InChI is InChI=1S/C28H31N5O3S.C2HF3O2/c1-33(2,3)23-10-8-19(9-11-23)17-31-28(34)26-16-22-15-24(37(4,35)36)12-13-25(22)32(26)18-20-6-5-7-21(14-20)27(29)30;3-2(4,5)1(6)7/h5-16H,17-18H2,1-4H3,(H3-,29,30,31,34);(H,6,7)/p+1. The molecule has 4 aromatic rings. The first-order valence-corrected chi connectivity index (χ1v) is 14.9. The van der Waals surface area contributed by atoms with E-state index in [1.54, 1.807) is 30.3 Å². The molecule has 0 unspecified atom stereocenters. The Kier molecular flexibility index (Phi) is 9.91. The number of sulfone groups is 1. The number of rotatable bonds is 8. The van der Waals surface area contributed by atoms with Gasteiger partial charge >= 0.3 is 12.1 Å². The summed E-state index contributed by atoms with van der Waals surface area (Å²) < 4.78 is 58.5. The van der Waals surface area contributed by atoms with E-state index in [0.717, 1.165) is 28.6 Å². The Labute approximate surface area is 252 Å². The number of benzene rings is 3. The number of alkyl halides is 3. The van der Waals surface area contributed by atoms with Gasteiger partial charge in [-0.05, 0) is 53.6 Å². The van der Waals surface area contributed by atoms with Gasteiger partial charge in [0.2, 0.25) is 0 Å². The maximum absolute atomic E-state index is 13.4. The minimum absolute atomic E-state index is 0.0359. The molecular formula is C30H33F3N5O5S+. The summed E-state index contributed by atoms with van der Waals surface area (Å²) in [6.07, 6.45) is -3.92. The Morgan fingerprint density at radius 1 is 0.977 bits per heavy atom. The molecule has 1 amide bonds. The second-order valence-corrected chi connectivity index (χ2v) is 12.9. The molecule has 0 saturated heterocycles. The lowest BCUT2D eigenvalue weighted by Gasteiger charge is -2.23. The second kappa shape index (κ2) is 12.9. The molecule has 0 saturated carbocycles. The average Bonchev–Trinajstić information content (AvgIpc) is 3.28. The molecular weight excluding hydrogens is 599 g/mol. The highest BCUT2D eigenvalue weighted by atomic mass is 32.2. The van der Waals surface area contributed by atoms with E-state index in [2.05, 4.69) is 26.5 Å². The number of carboxylic acids is 1. The first-order valence-electron chi connectivity index (χ1n) is 13.0. The van der Waals surface area contributed by atoms with E-state index in [1.165, 1.54) is 0 Å². The van der Waals surface area contributed by atoms with E-state index in [4.69, 9.17) is 21.0 Å². The van der Waals surface area contributed by atoms with Gasteiger partial charge in [0.25, 0.3) is 5.91 Å². The molecule has 234 valence electrons. The van der Waals surface area contributed by atoms with E-state index >= 15 is 0 Å². The smallest absolute Gasteiger partial charge is 0.475 e.